The zero-order valence-corrected chi connectivity index (χ0v) is 14.1. The van der Waals surface area contributed by atoms with Crippen molar-refractivity contribution < 1.29 is 19.0 Å². The van der Waals surface area contributed by atoms with Crippen LogP contribution in [0.1, 0.15) is 30.4 Å². The number of hydrogen-bond acceptors (Lipinski definition) is 4. The van der Waals surface area contributed by atoms with E-state index in [2.05, 4.69) is 5.32 Å². The van der Waals surface area contributed by atoms with E-state index in [9.17, 15) is 4.79 Å². The fourth-order valence-electron chi connectivity index (χ4n) is 3.09. The Morgan fingerprint density at radius 1 is 1.08 bits per heavy atom. The number of nitrogens with one attached hydrogen (secondary N) is 1. The topological polar surface area (TPSA) is 56.8 Å². The molecule has 5 nitrogen and oxygen atoms in total. The Hall–Kier alpha value is -2.69. The van der Waals surface area contributed by atoms with E-state index >= 15 is 0 Å². The number of carbonyl (C=O) groups excluding carboxylic acids is 1. The molecular formula is C19H21NO4. The van der Waals surface area contributed by atoms with Gasteiger partial charge in [0.05, 0.1) is 26.5 Å². The van der Waals surface area contributed by atoms with E-state index in [4.69, 9.17) is 14.2 Å². The SMILES string of the molecule is CCOc1ccc(C2CC(=O)Nc3cc(OC)cc(OC)c32)cc1. The van der Waals surface area contributed by atoms with E-state index in [1.54, 1.807) is 14.2 Å². The minimum absolute atomic E-state index is 0.0170. The normalized spacial score (nSPS) is 16.1. The van der Waals surface area contributed by atoms with E-state index in [1.807, 2.05) is 43.3 Å². The smallest absolute Gasteiger partial charge is 0.225 e. The van der Waals surface area contributed by atoms with Crippen molar-refractivity contribution in [1.29, 1.82) is 0 Å². The van der Waals surface area contributed by atoms with Crippen molar-refractivity contribution in [1.82, 2.24) is 0 Å². The lowest BCUT2D eigenvalue weighted by Gasteiger charge is -2.28. The van der Waals surface area contributed by atoms with Crippen molar-refractivity contribution in [2.24, 2.45) is 0 Å². The second-order valence-corrected chi connectivity index (χ2v) is 5.60. The van der Waals surface area contributed by atoms with Gasteiger partial charge >= 0.3 is 0 Å². The second kappa shape index (κ2) is 6.83. The first-order chi connectivity index (χ1) is 11.7. The number of hydrogen-bond donors (Lipinski definition) is 1. The van der Waals surface area contributed by atoms with Gasteiger partial charge in [-0.15, -0.1) is 0 Å². The number of ether oxygens (including phenoxy) is 3. The molecule has 1 amide bonds. The van der Waals surface area contributed by atoms with Crippen LogP contribution >= 0.6 is 0 Å². The van der Waals surface area contributed by atoms with Gasteiger partial charge < -0.3 is 19.5 Å². The molecule has 3 rings (SSSR count). The lowest BCUT2D eigenvalue weighted by Crippen LogP contribution is -2.24. The van der Waals surface area contributed by atoms with Gasteiger partial charge in [-0.05, 0) is 24.6 Å². The standard InChI is InChI=1S/C19H21NO4/c1-4-24-13-7-5-12(6-8-13)15-11-18(21)20-16-9-14(22-2)10-17(23-3)19(15)16/h5-10,15H,4,11H2,1-3H3,(H,20,21). The highest BCUT2D eigenvalue weighted by Crippen LogP contribution is 2.44. The molecule has 24 heavy (non-hydrogen) atoms. The molecule has 1 unspecified atom stereocenters. The van der Waals surface area contributed by atoms with Gasteiger partial charge in [0, 0.05) is 30.0 Å². The van der Waals surface area contributed by atoms with Crippen molar-refractivity contribution >= 4 is 11.6 Å². The van der Waals surface area contributed by atoms with Crippen LogP contribution < -0.4 is 19.5 Å². The van der Waals surface area contributed by atoms with Gasteiger partial charge in [-0.25, -0.2) is 0 Å². The van der Waals surface area contributed by atoms with Crippen LogP contribution in [0.4, 0.5) is 5.69 Å². The molecule has 5 heteroatoms. The number of rotatable bonds is 5. The Morgan fingerprint density at radius 2 is 1.83 bits per heavy atom. The Morgan fingerprint density at radius 3 is 2.46 bits per heavy atom. The Balaban J connectivity index is 2.06. The number of methoxy groups -OCH3 is 2. The molecule has 0 aliphatic carbocycles. The highest BCUT2D eigenvalue weighted by molar-refractivity contribution is 5.96. The molecule has 0 radical (unpaired) electrons. The quantitative estimate of drug-likeness (QED) is 0.912. The fraction of sp³-hybridized carbons (Fsp3) is 0.316. The molecule has 0 spiro atoms. The summed E-state index contributed by atoms with van der Waals surface area (Å²) in [4.78, 5) is 12.2. The second-order valence-electron chi connectivity index (χ2n) is 5.60. The molecule has 1 aliphatic heterocycles. The summed E-state index contributed by atoms with van der Waals surface area (Å²) < 4.78 is 16.3. The monoisotopic (exact) mass is 327 g/mol. The predicted octanol–water partition coefficient (Wildman–Crippen LogP) is 3.58. The van der Waals surface area contributed by atoms with Crippen LogP contribution in [0.25, 0.3) is 0 Å². The molecule has 0 aromatic heterocycles. The summed E-state index contributed by atoms with van der Waals surface area (Å²) in [7, 11) is 3.22. The highest BCUT2D eigenvalue weighted by Gasteiger charge is 2.30. The average Bonchev–Trinajstić information content (AvgIpc) is 2.60. The third-order valence-electron chi connectivity index (χ3n) is 4.18. The van der Waals surface area contributed by atoms with Gasteiger partial charge in [0.2, 0.25) is 5.91 Å². The van der Waals surface area contributed by atoms with Gasteiger partial charge in [0.15, 0.2) is 0 Å². The predicted molar refractivity (Wildman–Crippen MR) is 92.2 cm³/mol. The minimum atomic E-state index is -0.0646. The van der Waals surface area contributed by atoms with Crippen LogP contribution in [0.2, 0.25) is 0 Å². The summed E-state index contributed by atoms with van der Waals surface area (Å²) in [6, 6.07) is 11.5. The number of amides is 1. The van der Waals surface area contributed by atoms with Crippen LogP contribution in [0.5, 0.6) is 17.2 Å². The number of anilines is 1. The average molecular weight is 327 g/mol. The van der Waals surface area contributed by atoms with Crippen LogP contribution in [0.3, 0.4) is 0 Å². The summed E-state index contributed by atoms with van der Waals surface area (Å²) in [5, 5.41) is 2.92. The molecule has 2 aromatic carbocycles. The first-order valence-corrected chi connectivity index (χ1v) is 7.94. The molecule has 1 atom stereocenters. The van der Waals surface area contributed by atoms with E-state index in [0.29, 0.717) is 24.5 Å². The maximum atomic E-state index is 12.2. The van der Waals surface area contributed by atoms with Crippen molar-refractivity contribution in [2.75, 3.05) is 26.1 Å². The Labute approximate surface area is 141 Å². The molecule has 1 heterocycles. The summed E-state index contributed by atoms with van der Waals surface area (Å²) in [5.41, 5.74) is 2.77. The maximum Gasteiger partial charge on any atom is 0.225 e. The lowest BCUT2D eigenvalue weighted by atomic mass is 9.84. The summed E-state index contributed by atoms with van der Waals surface area (Å²) in [5.74, 6) is 2.10. The van der Waals surface area contributed by atoms with Gasteiger partial charge in [-0.1, -0.05) is 12.1 Å². The lowest BCUT2D eigenvalue weighted by molar-refractivity contribution is -0.116. The first kappa shape index (κ1) is 16.2. The Bertz CT molecular complexity index is 740. The van der Waals surface area contributed by atoms with E-state index < -0.39 is 0 Å². The molecule has 0 fully saturated rings. The molecular weight excluding hydrogens is 306 g/mol. The van der Waals surface area contributed by atoms with Gasteiger partial charge in [-0.3, -0.25) is 4.79 Å². The van der Waals surface area contributed by atoms with Crippen LogP contribution in [-0.4, -0.2) is 26.7 Å². The molecule has 2 aromatic rings. The van der Waals surface area contributed by atoms with Crippen molar-refractivity contribution in [3.63, 3.8) is 0 Å². The molecule has 0 bridgehead atoms. The molecule has 0 saturated heterocycles. The van der Waals surface area contributed by atoms with E-state index in [1.165, 1.54) is 0 Å². The Kier molecular flexibility index (Phi) is 4.60. The number of benzene rings is 2. The molecule has 1 N–H and O–H groups in total. The van der Waals surface area contributed by atoms with Crippen LogP contribution in [0, 0.1) is 0 Å². The summed E-state index contributed by atoms with van der Waals surface area (Å²) in [6.45, 7) is 2.58. The van der Waals surface area contributed by atoms with Gasteiger partial charge in [0.1, 0.15) is 17.2 Å². The highest BCUT2D eigenvalue weighted by atomic mass is 16.5. The van der Waals surface area contributed by atoms with E-state index in [0.717, 1.165) is 22.6 Å². The zero-order chi connectivity index (χ0) is 17.1. The van der Waals surface area contributed by atoms with Crippen molar-refractivity contribution in [2.45, 2.75) is 19.3 Å². The third-order valence-corrected chi connectivity index (χ3v) is 4.18. The van der Waals surface area contributed by atoms with Crippen LogP contribution in [0.15, 0.2) is 36.4 Å². The third kappa shape index (κ3) is 3.02. The molecule has 1 aliphatic rings. The van der Waals surface area contributed by atoms with Crippen molar-refractivity contribution in [3.05, 3.63) is 47.5 Å². The molecule has 0 saturated carbocycles. The molecule has 126 valence electrons. The minimum Gasteiger partial charge on any atom is -0.497 e. The number of fused-ring (bicyclic) bond motifs is 1. The van der Waals surface area contributed by atoms with E-state index in [-0.39, 0.29) is 11.8 Å². The fourth-order valence-corrected chi connectivity index (χ4v) is 3.09. The van der Waals surface area contributed by atoms with Crippen molar-refractivity contribution in [3.8, 4) is 17.2 Å². The van der Waals surface area contributed by atoms with Gasteiger partial charge in [0.25, 0.3) is 0 Å². The zero-order valence-electron chi connectivity index (χ0n) is 14.1. The first-order valence-electron chi connectivity index (χ1n) is 7.94. The summed E-state index contributed by atoms with van der Waals surface area (Å²) >= 11 is 0. The largest absolute Gasteiger partial charge is 0.497 e. The maximum absolute atomic E-state index is 12.2. The summed E-state index contributed by atoms with van der Waals surface area (Å²) in [6.07, 6.45) is 0.379. The van der Waals surface area contributed by atoms with Gasteiger partial charge in [-0.2, -0.15) is 0 Å². The number of carbonyl (C=O) groups is 1. The van der Waals surface area contributed by atoms with Crippen LogP contribution in [-0.2, 0) is 4.79 Å².